The van der Waals surface area contributed by atoms with Crippen molar-refractivity contribution in [3.63, 3.8) is 0 Å². The van der Waals surface area contributed by atoms with Crippen LogP contribution in [0, 0.1) is 0 Å². The number of anilines is 1. The molecule has 0 saturated heterocycles. The molecule has 0 spiro atoms. The fourth-order valence-corrected chi connectivity index (χ4v) is 4.61. The van der Waals surface area contributed by atoms with Gasteiger partial charge in [0, 0.05) is 48.9 Å². The number of allylic oxidation sites excluding steroid dienone is 4. The normalized spacial score (nSPS) is 13.2. The quantitative estimate of drug-likeness (QED) is 0.265. The molecule has 39 heavy (non-hydrogen) atoms. The Morgan fingerprint density at radius 1 is 1.21 bits per heavy atom. The number of aliphatic imine (C=N–C) groups is 1. The van der Waals surface area contributed by atoms with Gasteiger partial charge in [-0.05, 0) is 56.5 Å². The third-order valence-electron chi connectivity index (χ3n) is 5.79. The highest BCUT2D eigenvalue weighted by Crippen LogP contribution is 2.27. The molecule has 0 saturated carbocycles. The van der Waals surface area contributed by atoms with Crippen molar-refractivity contribution < 1.29 is 14.3 Å². The summed E-state index contributed by atoms with van der Waals surface area (Å²) in [6, 6.07) is 8.86. The summed E-state index contributed by atoms with van der Waals surface area (Å²) in [5, 5.41) is 7.86. The Hall–Kier alpha value is -4.02. The fraction of sp³-hybridized carbons (Fsp3) is 0.310. The molecule has 3 aromatic rings. The van der Waals surface area contributed by atoms with Gasteiger partial charge in [0.1, 0.15) is 6.04 Å². The minimum absolute atomic E-state index is 0.0205. The maximum absolute atomic E-state index is 13.0. The van der Waals surface area contributed by atoms with Gasteiger partial charge in [0.15, 0.2) is 5.13 Å². The summed E-state index contributed by atoms with van der Waals surface area (Å²) in [5.74, 6) is -0.785. The Balaban J connectivity index is 1.71. The number of nitrogens with zero attached hydrogens (tertiary/aromatic N) is 3. The van der Waals surface area contributed by atoms with Crippen LogP contribution in [0.5, 0.6) is 0 Å². The van der Waals surface area contributed by atoms with Gasteiger partial charge in [-0.15, -0.1) is 11.3 Å². The fourth-order valence-electron chi connectivity index (χ4n) is 3.89. The van der Waals surface area contributed by atoms with Gasteiger partial charge >= 0.3 is 0 Å². The van der Waals surface area contributed by atoms with Crippen molar-refractivity contribution in [1.82, 2.24) is 15.0 Å². The number of carbonyl (C=O) groups is 2. The van der Waals surface area contributed by atoms with E-state index in [0.29, 0.717) is 10.7 Å². The number of benzene rings is 1. The predicted octanol–water partition coefficient (Wildman–Crippen LogP) is 5.35. The van der Waals surface area contributed by atoms with Crippen molar-refractivity contribution in [2.45, 2.75) is 40.2 Å². The molecular weight excluding hydrogens is 512 g/mol. The second-order valence-corrected chi connectivity index (χ2v) is 9.81. The van der Waals surface area contributed by atoms with Crippen molar-refractivity contribution in [3.8, 4) is 11.3 Å². The van der Waals surface area contributed by atoms with Crippen LogP contribution in [-0.2, 0) is 9.53 Å². The van der Waals surface area contributed by atoms with Gasteiger partial charge in [-0.2, -0.15) is 0 Å². The zero-order chi connectivity index (χ0) is 28.4. The number of amides is 2. The maximum Gasteiger partial charge on any atom is 0.253 e. The van der Waals surface area contributed by atoms with Crippen LogP contribution in [-0.4, -0.2) is 54.0 Å². The van der Waals surface area contributed by atoms with Gasteiger partial charge < -0.3 is 20.8 Å². The molecule has 0 aliphatic rings. The predicted molar refractivity (Wildman–Crippen MR) is 160 cm³/mol. The van der Waals surface area contributed by atoms with E-state index in [2.05, 4.69) is 64.2 Å². The molecule has 206 valence electrons. The molecule has 2 aromatic heterocycles. The molecule has 9 nitrogen and oxygen atoms in total. The van der Waals surface area contributed by atoms with Gasteiger partial charge in [0.25, 0.3) is 11.8 Å². The number of carbonyl (C=O) groups excluding carboxylic acids is 2. The molecular formula is C29H36N6O3S. The summed E-state index contributed by atoms with van der Waals surface area (Å²) >= 11 is 1.32. The molecule has 2 heterocycles. The highest BCUT2D eigenvalue weighted by atomic mass is 32.1. The van der Waals surface area contributed by atoms with E-state index in [1.54, 1.807) is 30.2 Å². The smallest absolute Gasteiger partial charge is 0.253 e. The highest BCUT2D eigenvalue weighted by Gasteiger charge is 2.23. The summed E-state index contributed by atoms with van der Waals surface area (Å²) in [7, 11) is 3.22. The van der Waals surface area contributed by atoms with Crippen LogP contribution in [0.2, 0.25) is 0 Å². The highest BCUT2D eigenvalue weighted by molar-refractivity contribution is 7.14. The first-order valence-corrected chi connectivity index (χ1v) is 13.5. The van der Waals surface area contributed by atoms with E-state index in [4.69, 9.17) is 4.74 Å². The van der Waals surface area contributed by atoms with Crippen molar-refractivity contribution in [2.24, 2.45) is 4.99 Å². The second kappa shape index (κ2) is 14.2. The van der Waals surface area contributed by atoms with E-state index >= 15 is 0 Å². The van der Waals surface area contributed by atoms with E-state index < -0.39 is 11.9 Å². The number of hydrogen-bond acceptors (Lipinski definition) is 7. The van der Waals surface area contributed by atoms with Crippen LogP contribution < -0.4 is 16.1 Å². The first-order chi connectivity index (χ1) is 18.7. The van der Waals surface area contributed by atoms with Crippen LogP contribution >= 0.6 is 11.3 Å². The van der Waals surface area contributed by atoms with Crippen molar-refractivity contribution >= 4 is 39.6 Å². The average molecular weight is 549 g/mol. The van der Waals surface area contributed by atoms with Crippen molar-refractivity contribution in [3.05, 3.63) is 77.1 Å². The third-order valence-corrected chi connectivity index (χ3v) is 6.55. The maximum atomic E-state index is 13.0. The van der Waals surface area contributed by atoms with Crippen LogP contribution in [0.1, 0.15) is 50.0 Å². The lowest BCUT2D eigenvalue weighted by atomic mass is 10.0. The van der Waals surface area contributed by atoms with Gasteiger partial charge in [-0.1, -0.05) is 31.2 Å². The number of aromatic nitrogens is 2. The first kappa shape index (κ1) is 29.5. The number of nitrogens with one attached hydrogen (secondary N) is 3. The number of thiazole rings is 1. The van der Waals surface area contributed by atoms with Gasteiger partial charge in [-0.25, -0.2) is 4.98 Å². The lowest BCUT2D eigenvalue weighted by Gasteiger charge is -2.16. The Labute approximate surface area is 233 Å². The van der Waals surface area contributed by atoms with Gasteiger partial charge in [-0.3, -0.25) is 19.3 Å². The van der Waals surface area contributed by atoms with E-state index in [1.165, 1.54) is 18.4 Å². The minimum Gasteiger partial charge on any atom is -0.382 e. The molecule has 10 heteroatoms. The second-order valence-electron chi connectivity index (χ2n) is 8.95. The zero-order valence-corrected chi connectivity index (χ0v) is 24.1. The summed E-state index contributed by atoms with van der Waals surface area (Å²) < 4.78 is 6.81. The molecule has 0 aliphatic heterocycles. The molecule has 1 aromatic carbocycles. The lowest BCUT2D eigenvalue weighted by Crippen LogP contribution is -2.46. The van der Waals surface area contributed by atoms with Crippen LogP contribution in [0.15, 0.2) is 70.9 Å². The van der Waals surface area contributed by atoms with E-state index in [1.807, 2.05) is 31.4 Å². The molecule has 3 rings (SSSR count). The molecule has 1 atom stereocenters. The molecule has 0 radical (unpaired) electrons. The van der Waals surface area contributed by atoms with Gasteiger partial charge in [0.2, 0.25) is 0 Å². The van der Waals surface area contributed by atoms with Crippen molar-refractivity contribution in [1.29, 1.82) is 0 Å². The Morgan fingerprint density at radius 3 is 2.69 bits per heavy atom. The largest absolute Gasteiger partial charge is 0.382 e. The number of hydrogen-bond donors (Lipinski definition) is 3. The van der Waals surface area contributed by atoms with E-state index in [9.17, 15) is 9.59 Å². The molecule has 0 fully saturated rings. The third kappa shape index (κ3) is 8.49. The number of rotatable bonds is 12. The number of methoxy groups -OCH3 is 1. The SMILES string of the molecule is CC/C=C(C)/N=C(C)/C=C(\C)c1cccc(-c2csc(NC(=O)C(COC)NC(=O)c3ccn(NC)c3)n2)c1. The summed E-state index contributed by atoms with van der Waals surface area (Å²) in [5.41, 5.74) is 9.10. The average Bonchev–Trinajstić information content (AvgIpc) is 3.58. The topological polar surface area (TPSA) is 110 Å². The number of ether oxygens (including phenoxy) is 1. The van der Waals surface area contributed by atoms with Crippen molar-refractivity contribution in [2.75, 3.05) is 31.5 Å². The van der Waals surface area contributed by atoms with E-state index in [0.717, 1.165) is 40.2 Å². The molecule has 0 aliphatic carbocycles. The lowest BCUT2D eigenvalue weighted by molar-refractivity contribution is -0.119. The Kier molecular flexibility index (Phi) is 10.8. The molecule has 3 N–H and O–H groups in total. The Bertz CT molecular complexity index is 1380. The zero-order valence-electron chi connectivity index (χ0n) is 23.2. The standard InChI is InChI=1S/C29H36N6O3S/c1-7-9-20(3)31-21(4)14-19(2)22-10-8-11-23(15-22)26-18-39-29(33-26)34-28(37)25(17-38-6)32-27(36)24-12-13-35(16-24)30-5/h8-16,18,25,30H,7,17H2,1-6H3,(H,32,36)(H,33,34,37)/b19-14+,20-9+,31-21+. The molecule has 1 unspecified atom stereocenters. The molecule has 0 bridgehead atoms. The van der Waals surface area contributed by atoms with E-state index in [-0.39, 0.29) is 12.5 Å². The summed E-state index contributed by atoms with van der Waals surface area (Å²) in [6.45, 7) is 8.17. The minimum atomic E-state index is -0.885. The first-order valence-electron chi connectivity index (χ1n) is 12.7. The summed E-state index contributed by atoms with van der Waals surface area (Å²) in [6.07, 6.45) is 8.46. The van der Waals surface area contributed by atoms with Crippen LogP contribution in [0.25, 0.3) is 16.8 Å². The summed E-state index contributed by atoms with van der Waals surface area (Å²) in [4.78, 5) is 34.8. The van der Waals surface area contributed by atoms with Gasteiger partial charge in [0.05, 0.1) is 17.9 Å². The van der Waals surface area contributed by atoms with Crippen LogP contribution in [0.3, 0.4) is 0 Å². The Morgan fingerprint density at radius 2 is 2.00 bits per heavy atom. The monoisotopic (exact) mass is 548 g/mol. The van der Waals surface area contributed by atoms with Crippen LogP contribution in [0.4, 0.5) is 5.13 Å². The molecule has 2 amide bonds.